The fourth-order valence-corrected chi connectivity index (χ4v) is 3.63. The standard InChI is InChI=1S/C22H22N2O5S/c1-16(17-10-6-4-7-11-17)23-24-18-14-20(27-2)22(21(15-18)28-3)29-30(25,26)19-12-8-5-9-13-19/h4-15,24H,1-3H3. The summed E-state index contributed by atoms with van der Waals surface area (Å²) in [5, 5.41) is 4.36. The summed E-state index contributed by atoms with van der Waals surface area (Å²) in [5.41, 5.74) is 5.23. The van der Waals surface area contributed by atoms with Gasteiger partial charge < -0.3 is 13.7 Å². The molecule has 30 heavy (non-hydrogen) atoms. The molecule has 0 heterocycles. The number of anilines is 1. The van der Waals surface area contributed by atoms with Crippen molar-refractivity contribution in [1.82, 2.24) is 0 Å². The van der Waals surface area contributed by atoms with Crippen molar-refractivity contribution < 1.29 is 22.1 Å². The number of rotatable bonds is 8. The second-order valence-corrected chi connectivity index (χ2v) is 7.78. The van der Waals surface area contributed by atoms with E-state index in [1.54, 1.807) is 30.3 Å². The van der Waals surface area contributed by atoms with Gasteiger partial charge >= 0.3 is 10.1 Å². The van der Waals surface area contributed by atoms with Crippen molar-refractivity contribution >= 4 is 21.5 Å². The molecule has 0 aliphatic carbocycles. The number of nitrogens with one attached hydrogen (secondary N) is 1. The van der Waals surface area contributed by atoms with Gasteiger partial charge in [0.25, 0.3) is 0 Å². The summed E-state index contributed by atoms with van der Waals surface area (Å²) in [6.45, 7) is 1.88. The van der Waals surface area contributed by atoms with E-state index in [0.717, 1.165) is 11.3 Å². The maximum Gasteiger partial charge on any atom is 0.339 e. The van der Waals surface area contributed by atoms with Gasteiger partial charge in [-0.1, -0.05) is 48.5 Å². The quantitative estimate of drug-likeness (QED) is 0.328. The lowest BCUT2D eigenvalue weighted by molar-refractivity contribution is 0.361. The molecule has 0 aliphatic rings. The minimum absolute atomic E-state index is 0.0272. The van der Waals surface area contributed by atoms with Crippen molar-refractivity contribution in [2.45, 2.75) is 11.8 Å². The molecule has 0 amide bonds. The highest BCUT2D eigenvalue weighted by Crippen LogP contribution is 2.41. The fourth-order valence-electron chi connectivity index (χ4n) is 2.66. The first-order valence-corrected chi connectivity index (χ1v) is 10.5. The Hall–Kier alpha value is -3.52. The molecule has 8 heteroatoms. The summed E-state index contributed by atoms with van der Waals surface area (Å²) in [6, 6.07) is 20.7. The number of benzene rings is 3. The molecule has 0 aliphatic heterocycles. The molecule has 0 saturated heterocycles. The molecule has 0 radical (unpaired) electrons. The Bertz CT molecular complexity index is 1110. The summed E-state index contributed by atoms with van der Waals surface area (Å²) in [6.07, 6.45) is 0. The van der Waals surface area contributed by atoms with Gasteiger partial charge in [-0.15, -0.1) is 0 Å². The van der Waals surface area contributed by atoms with Gasteiger partial charge in [-0.2, -0.15) is 13.5 Å². The fraction of sp³-hybridized carbons (Fsp3) is 0.136. The summed E-state index contributed by atoms with van der Waals surface area (Å²) in [4.78, 5) is 0.0272. The van der Waals surface area contributed by atoms with Gasteiger partial charge in [0.15, 0.2) is 11.5 Å². The number of hydrogen-bond acceptors (Lipinski definition) is 7. The van der Waals surface area contributed by atoms with Gasteiger partial charge in [0.1, 0.15) is 4.90 Å². The van der Waals surface area contributed by atoms with Crippen LogP contribution in [0, 0.1) is 0 Å². The summed E-state index contributed by atoms with van der Waals surface area (Å²) >= 11 is 0. The van der Waals surface area contributed by atoms with Crippen molar-refractivity contribution in [3.63, 3.8) is 0 Å². The molecule has 3 aromatic rings. The number of methoxy groups -OCH3 is 2. The predicted molar refractivity (Wildman–Crippen MR) is 116 cm³/mol. The van der Waals surface area contributed by atoms with Gasteiger partial charge in [0.05, 0.1) is 25.6 Å². The van der Waals surface area contributed by atoms with Crippen LogP contribution in [0.1, 0.15) is 12.5 Å². The van der Waals surface area contributed by atoms with E-state index >= 15 is 0 Å². The van der Waals surface area contributed by atoms with Crippen LogP contribution in [0.2, 0.25) is 0 Å². The second-order valence-electron chi connectivity index (χ2n) is 6.24. The highest BCUT2D eigenvalue weighted by Gasteiger charge is 2.23. The first kappa shape index (κ1) is 21.2. The number of hydrogen-bond donors (Lipinski definition) is 1. The monoisotopic (exact) mass is 426 g/mol. The lowest BCUT2D eigenvalue weighted by Gasteiger charge is -2.16. The van der Waals surface area contributed by atoms with E-state index < -0.39 is 10.1 Å². The van der Waals surface area contributed by atoms with E-state index in [-0.39, 0.29) is 22.1 Å². The van der Waals surface area contributed by atoms with Gasteiger partial charge in [-0.25, -0.2) is 0 Å². The molecule has 0 spiro atoms. The van der Waals surface area contributed by atoms with E-state index in [9.17, 15) is 8.42 Å². The topological polar surface area (TPSA) is 86.2 Å². The zero-order valence-corrected chi connectivity index (χ0v) is 17.6. The third-order valence-electron chi connectivity index (χ3n) is 4.23. The summed E-state index contributed by atoms with van der Waals surface area (Å²) in [7, 11) is -1.23. The third-order valence-corrected chi connectivity index (χ3v) is 5.47. The molecule has 0 unspecified atom stereocenters. The highest BCUT2D eigenvalue weighted by molar-refractivity contribution is 7.87. The molecule has 0 saturated carbocycles. The van der Waals surface area contributed by atoms with Crippen LogP contribution in [0.3, 0.4) is 0 Å². The Morgan fingerprint density at radius 1 is 0.867 bits per heavy atom. The molecule has 0 fully saturated rings. The minimum atomic E-state index is -4.06. The average Bonchev–Trinajstić information content (AvgIpc) is 2.78. The highest BCUT2D eigenvalue weighted by atomic mass is 32.2. The Kier molecular flexibility index (Phi) is 6.58. The van der Waals surface area contributed by atoms with E-state index in [2.05, 4.69) is 10.5 Å². The number of ether oxygens (including phenoxy) is 2. The van der Waals surface area contributed by atoms with Crippen molar-refractivity contribution in [3.05, 3.63) is 78.4 Å². The molecular weight excluding hydrogens is 404 g/mol. The van der Waals surface area contributed by atoms with Crippen LogP contribution in [0.4, 0.5) is 5.69 Å². The van der Waals surface area contributed by atoms with Gasteiger partial charge in [-0.3, -0.25) is 5.43 Å². The summed E-state index contributed by atoms with van der Waals surface area (Å²) in [5.74, 6) is 0.325. The molecule has 0 aromatic heterocycles. The van der Waals surface area contributed by atoms with Crippen LogP contribution in [0.15, 0.2) is 82.8 Å². The zero-order valence-electron chi connectivity index (χ0n) is 16.8. The largest absolute Gasteiger partial charge is 0.493 e. The Balaban J connectivity index is 1.91. The first-order chi connectivity index (χ1) is 14.4. The molecular formula is C22H22N2O5S. The van der Waals surface area contributed by atoms with Crippen LogP contribution in [-0.2, 0) is 10.1 Å². The van der Waals surface area contributed by atoms with Gasteiger partial charge in [0, 0.05) is 12.1 Å². The van der Waals surface area contributed by atoms with Crippen LogP contribution in [0.5, 0.6) is 17.2 Å². The number of nitrogens with zero attached hydrogens (tertiary/aromatic N) is 1. The Labute approximate surface area is 176 Å². The van der Waals surface area contributed by atoms with Crippen LogP contribution < -0.4 is 19.1 Å². The molecule has 0 bridgehead atoms. The van der Waals surface area contributed by atoms with Crippen molar-refractivity contribution in [2.24, 2.45) is 5.10 Å². The maximum atomic E-state index is 12.6. The maximum absolute atomic E-state index is 12.6. The summed E-state index contributed by atoms with van der Waals surface area (Å²) < 4.78 is 41.3. The minimum Gasteiger partial charge on any atom is -0.493 e. The Morgan fingerprint density at radius 3 is 1.93 bits per heavy atom. The molecule has 7 nitrogen and oxygen atoms in total. The third kappa shape index (κ3) is 4.90. The van der Waals surface area contributed by atoms with E-state index in [0.29, 0.717) is 5.69 Å². The van der Waals surface area contributed by atoms with Crippen molar-refractivity contribution in [3.8, 4) is 17.2 Å². The molecule has 0 atom stereocenters. The SMILES string of the molecule is COc1cc(NN=C(C)c2ccccc2)cc(OC)c1OS(=O)(=O)c1ccccc1. The van der Waals surface area contributed by atoms with Crippen molar-refractivity contribution in [2.75, 3.05) is 19.6 Å². The van der Waals surface area contributed by atoms with Gasteiger partial charge in [-0.05, 0) is 24.6 Å². The average molecular weight is 426 g/mol. The lowest BCUT2D eigenvalue weighted by atomic mass is 10.1. The molecule has 3 aromatic carbocycles. The van der Waals surface area contributed by atoms with Crippen LogP contribution in [0.25, 0.3) is 0 Å². The van der Waals surface area contributed by atoms with Crippen LogP contribution in [-0.4, -0.2) is 28.3 Å². The zero-order chi connectivity index (χ0) is 21.6. The van der Waals surface area contributed by atoms with Crippen LogP contribution >= 0.6 is 0 Å². The number of hydrazone groups is 1. The van der Waals surface area contributed by atoms with Crippen molar-refractivity contribution in [1.29, 1.82) is 0 Å². The predicted octanol–water partition coefficient (Wildman–Crippen LogP) is 4.31. The first-order valence-electron chi connectivity index (χ1n) is 9.06. The van der Waals surface area contributed by atoms with E-state index in [1.165, 1.54) is 26.4 Å². The lowest BCUT2D eigenvalue weighted by Crippen LogP contribution is -2.11. The molecule has 3 rings (SSSR count). The van der Waals surface area contributed by atoms with E-state index in [4.69, 9.17) is 13.7 Å². The smallest absolute Gasteiger partial charge is 0.339 e. The normalized spacial score (nSPS) is 11.6. The molecule has 1 N–H and O–H groups in total. The van der Waals surface area contributed by atoms with Gasteiger partial charge in [0.2, 0.25) is 5.75 Å². The van der Waals surface area contributed by atoms with E-state index in [1.807, 2.05) is 37.3 Å². The molecule has 156 valence electrons. The second kappa shape index (κ2) is 9.32. The Morgan fingerprint density at radius 2 is 1.40 bits per heavy atom.